The van der Waals surface area contributed by atoms with Crippen molar-refractivity contribution in [3.8, 4) is 28.6 Å². The van der Waals surface area contributed by atoms with Gasteiger partial charge in [-0.15, -0.1) is 0 Å². The molecule has 2 aromatic carbocycles. The Morgan fingerprint density at radius 3 is 2.70 bits per heavy atom. The Kier molecular flexibility index (Phi) is 3.32. The second-order valence-corrected chi connectivity index (χ2v) is 7.44. The molecule has 3 aromatic heterocycles. The van der Waals surface area contributed by atoms with E-state index in [1.54, 1.807) is 42.7 Å². The predicted molar refractivity (Wildman–Crippen MR) is 107 cm³/mol. The number of rotatable bonds is 4. The Bertz CT molecular complexity index is 1460. The third kappa shape index (κ3) is 2.35. The van der Waals surface area contributed by atoms with Crippen LogP contribution in [0.2, 0.25) is 0 Å². The van der Waals surface area contributed by atoms with Gasteiger partial charge in [0.05, 0.1) is 34.3 Å². The molecule has 9 nitrogen and oxygen atoms in total. The van der Waals surface area contributed by atoms with E-state index in [9.17, 15) is 15.0 Å². The van der Waals surface area contributed by atoms with Crippen LogP contribution in [0.4, 0.5) is 0 Å². The number of aromatic amines is 1. The van der Waals surface area contributed by atoms with Crippen molar-refractivity contribution in [1.29, 1.82) is 0 Å². The topological polar surface area (TPSA) is 130 Å². The number of fused-ring (bicyclic) bond motifs is 2. The fourth-order valence-corrected chi connectivity index (χ4v) is 3.85. The minimum Gasteiger partial charge on any atom is -0.503 e. The molecule has 1 aliphatic rings. The standard InChI is InChI=1S/C21H15N5O4/c27-19(10-1-2-10)17-18(11-3-5-14-16(7-11)25-30-24-14)26(21(29)20(17)28)12-4-6-13-15(8-12)23-9-22-13/h3-10,28-29H,1-2H2,(H,22,23). The van der Waals surface area contributed by atoms with Gasteiger partial charge in [0.2, 0.25) is 5.88 Å². The van der Waals surface area contributed by atoms with Gasteiger partial charge in [0.25, 0.3) is 0 Å². The Hall–Kier alpha value is -4.14. The van der Waals surface area contributed by atoms with E-state index < -0.39 is 11.6 Å². The number of carbonyl (C=O) groups excluding carboxylic acids is 1. The predicted octanol–water partition coefficient (Wildman–Crippen LogP) is 3.56. The van der Waals surface area contributed by atoms with Crippen molar-refractivity contribution in [3.63, 3.8) is 0 Å². The number of nitrogens with zero attached hydrogens (tertiary/aromatic N) is 4. The molecule has 0 amide bonds. The maximum atomic E-state index is 13.1. The largest absolute Gasteiger partial charge is 0.503 e. The summed E-state index contributed by atoms with van der Waals surface area (Å²) in [7, 11) is 0. The molecule has 9 heteroatoms. The molecule has 0 spiro atoms. The first-order valence-electron chi connectivity index (χ1n) is 9.49. The minimum absolute atomic E-state index is 0.107. The summed E-state index contributed by atoms with van der Waals surface area (Å²) in [6, 6.07) is 10.6. The maximum Gasteiger partial charge on any atom is 0.240 e. The highest BCUT2D eigenvalue weighted by atomic mass is 16.6. The number of benzene rings is 2. The van der Waals surface area contributed by atoms with Crippen LogP contribution in [0.5, 0.6) is 11.6 Å². The van der Waals surface area contributed by atoms with Gasteiger partial charge in [0, 0.05) is 11.5 Å². The highest BCUT2D eigenvalue weighted by Gasteiger charge is 2.37. The van der Waals surface area contributed by atoms with Crippen LogP contribution in [-0.2, 0) is 0 Å². The molecule has 0 bridgehead atoms. The molecule has 0 saturated heterocycles. The average Bonchev–Trinajstić information content (AvgIpc) is 3.21. The van der Waals surface area contributed by atoms with Crippen molar-refractivity contribution >= 4 is 27.9 Å². The highest BCUT2D eigenvalue weighted by Crippen LogP contribution is 2.47. The summed E-state index contributed by atoms with van der Waals surface area (Å²) in [5.41, 5.74) is 4.27. The molecule has 0 unspecified atom stereocenters. The summed E-state index contributed by atoms with van der Waals surface area (Å²) in [6.45, 7) is 0. The molecular formula is C21H15N5O4. The van der Waals surface area contributed by atoms with Crippen LogP contribution >= 0.6 is 0 Å². The van der Waals surface area contributed by atoms with Crippen molar-refractivity contribution in [2.45, 2.75) is 12.8 Å². The molecule has 148 valence electrons. The number of aromatic nitrogens is 5. The van der Waals surface area contributed by atoms with Crippen LogP contribution in [0, 0.1) is 5.92 Å². The molecule has 1 aliphatic carbocycles. The van der Waals surface area contributed by atoms with Crippen LogP contribution in [0.15, 0.2) is 47.4 Å². The fraction of sp³-hybridized carbons (Fsp3) is 0.143. The van der Waals surface area contributed by atoms with Crippen LogP contribution in [0.25, 0.3) is 39.0 Å². The van der Waals surface area contributed by atoms with Gasteiger partial charge in [0.15, 0.2) is 11.5 Å². The zero-order valence-electron chi connectivity index (χ0n) is 15.5. The second kappa shape index (κ2) is 5.93. The first-order chi connectivity index (χ1) is 14.6. The van der Waals surface area contributed by atoms with E-state index in [1.807, 2.05) is 0 Å². The van der Waals surface area contributed by atoms with Crippen molar-refractivity contribution in [1.82, 2.24) is 24.8 Å². The molecular weight excluding hydrogens is 386 g/mol. The number of aromatic hydroxyl groups is 2. The summed E-state index contributed by atoms with van der Waals surface area (Å²) in [6.07, 6.45) is 3.13. The van der Waals surface area contributed by atoms with E-state index in [4.69, 9.17) is 4.63 Å². The molecule has 1 saturated carbocycles. The second-order valence-electron chi connectivity index (χ2n) is 7.44. The number of imidazole rings is 1. The number of Topliss-reactive ketones (excluding diaryl/α,β-unsaturated/α-hetero) is 1. The molecule has 1 fully saturated rings. The number of H-pyrrole nitrogens is 1. The Morgan fingerprint density at radius 1 is 1.07 bits per heavy atom. The molecule has 3 heterocycles. The van der Waals surface area contributed by atoms with E-state index in [-0.39, 0.29) is 17.3 Å². The average molecular weight is 401 g/mol. The van der Waals surface area contributed by atoms with Crippen molar-refractivity contribution in [2.75, 3.05) is 0 Å². The minimum atomic E-state index is -0.426. The first kappa shape index (κ1) is 16.8. The normalized spacial score (nSPS) is 14.0. The van der Waals surface area contributed by atoms with E-state index in [2.05, 4.69) is 20.3 Å². The third-order valence-electron chi connectivity index (χ3n) is 5.50. The van der Waals surface area contributed by atoms with Gasteiger partial charge < -0.3 is 15.2 Å². The van der Waals surface area contributed by atoms with Gasteiger partial charge in [-0.2, -0.15) is 0 Å². The monoisotopic (exact) mass is 401 g/mol. The lowest BCUT2D eigenvalue weighted by Crippen LogP contribution is -2.05. The Morgan fingerprint density at radius 2 is 1.87 bits per heavy atom. The zero-order chi connectivity index (χ0) is 20.4. The van der Waals surface area contributed by atoms with E-state index in [1.165, 1.54) is 4.57 Å². The summed E-state index contributed by atoms with van der Waals surface area (Å²) in [4.78, 5) is 20.3. The highest BCUT2D eigenvalue weighted by molar-refractivity contribution is 6.08. The van der Waals surface area contributed by atoms with Crippen LogP contribution < -0.4 is 0 Å². The number of nitrogens with one attached hydrogen (secondary N) is 1. The van der Waals surface area contributed by atoms with Crippen LogP contribution in [0.1, 0.15) is 23.2 Å². The summed E-state index contributed by atoms with van der Waals surface area (Å²) < 4.78 is 6.25. The van der Waals surface area contributed by atoms with Crippen LogP contribution in [-0.4, -0.2) is 40.8 Å². The Balaban J connectivity index is 1.66. The van der Waals surface area contributed by atoms with Gasteiger partial charge in [-0.1, -0.05) is 6.07 Å². The smallest absolute Gasteiger partial charge is 0.240 e. The van der Waals surface area contributed by atoms with E-state index >= 15 is 0 Å². The van der Waals surface area contributed by atoms with Crippen molar-refractivity contribution in [3.05, 3.63) is 48.3 Å². The van der Waals surface area contributed by atoms with Crippen LogP contribution in [0.3, 0.4) is 0 Å². The van der Waals surface area contributed by atoms with Gasteiger partial charge in [-0.3, -0.25) is 9.36 Å². The number of hydrogen-bond donors (Lipinski definition) is 3. The number of ketones is 1. The molecule has 6 rings (SSSR count). The van der Waals surface area contributed by atoms with Gasteiger partial charge >= 0.3 is 0 Å². The van der Waals surface area contributed by atoms with Crippen molar-refractivity contribution < 1.29 is 19.6 Å². The third-order valence-corrected chi connectivity index (χ3v) is 5.50. The van der Waals surface area contributed by atoms with Gasteiger partial charge in [-0.05, 0) is 53.5 Å². The summed E-state index contributed by atoms with van der Waals surface area (Å²) >= 11 is 0. The molecule has 5 aromatic rings. The number of hydrogen-bond acceptors (Lipinski definition) is 7. The quantitative estimate of drug-likeness (QED) is 0.393. The molecule has 3 N–H and O–H groups in total. The SMILES string of the molecule is O=C(c1c(O)c(O)n(-c2ccc3nc[nH]c3c2)c1-c1ccc2nonc2c1)C1CC1. The number of carbonyl (C=O) groups is 1. The first-order valence-corrected chi connectivity index (χ1v) is 9.49. The maximum absolute atomic E-state index is 13.1. The van der Waals surface area contributed by atoms with E-state index in [0.717, 1.165) is 23.9 Å². The lowest BCUT2D eigenvalue weighted by molar-refractivity contribution is 0.0965. The molecule has 0 atom stereocenters. The molecule has 30 heavy (non-hydrogen) atoms. The van der Waals surface area contributed by atoms with E-state index in [0.29, 0.717) is 28.0 Å². The zero-order valence-corrected chi connectivity index (χ0v) is 15.5. The molecule has 0 radical (unpaired) electrons. The lowest BCUT2D eigenvalue weighted by atomic mass is 10.0. The lowest BCUT2D eigenvalue weighted by Gasteiger charge is -2.12. The summed E-state index contributed by atoms with van der Waals surface area (Å²) in [5.74, 6) is -1.15. The molecule has 0 aliphatic heterocycles. The fourth-order valence-electron chi connectivity index (χ4n) is 3.85. The Labute approximate surface area is 168 Å². The van der Waals surface area contributed by atoms with Gasteiger partial charge in [0.1, 0.15) is 11.0 Å². The van der Waals surface area contributed by atoms with Crippen molar-refractivity contribution in [2.24, 2.45) is 5.92 Å². The summed E-state index contributed by atoms with van der Waals surface area (Å²) in [5, 5.41) is 29.3. The van der Waals surface area contributed by atoms with Gasteiger partial charge in [-0.25, -0.2) is 9.61 Å².